The molecule has 1 heterocycles. The van der Waals surface area contributed by atoms with Crippen molar-refractivity contribution in [1.29, 1.82) is 0 Å². The molecule has 7 heteroatoms. The monoisotopic (exact) mass is 515 g/mol. The quantitative estimate of drug-likeness (QED) is 0.297. The minimum atomic E-state index is -0.0211. The maximum atomic E-state index is 12.3. The number of hydrogen-bond donors (Lipinski definition) is 3. The lowest BCUT2D eigenvalue weighted by Crippen LogP contribution is -2.46. The maximum Gasteiger partial charge on any atom is 0.251 e. The summed E-state index contributed by atoms with van der Waals surface area (Å²) >= 11 is 0. The molecule has 6 nitrogen and oxygen atoms in total. The van der Waals surface area contributed by atoms with Gasteiger partial charge in [-0.3, -0.25) is 14.7 Å². The van der Waals surface area contributed by atoms with Crippen LogP contribution >= 0.6 is 24.0 Å². The molecule has 1 aliphatic heterocycles. The number of nitrogens with one attached hydrogen (secondary N) is 3. The fourth-order valence-corrected chi connectivity index (χ4v) is 3.40. The molecule has 164 valence electrons. The Morgan fingerprint density at radius 3 is 2.59 bits per heavy atom. The van der Waals surface area contributed by atoms with Crippen LogP contribution in [0, 0.1) is 5.92 Å². The molecule has 1 amide bonds. The Morgan fingerprint density at radius 2 is 2.00 bits per heavy atom. The summed E-state index contributed by atoms with van der Waals surface area (Å²) in [7, 11) is 1.80. The highest BCUT2D eigenvalue weighted by Crippen LogP contribution is 2.18. The van der Waals surface area contributed by atoms with Crippen molar-refractivity contribution in [1.82, 2.24) is 20.9 Å². The topological polar surface area (TPSA) is 68.8 Å². The molecule has 1 aromatic carbocycles. The Labute approximate surface area is 193 Å². The highest BCUT2D eigenvalue weighted by molar-refractivity contribution is 14.0. The molecule has 0 bridgehead atoms. The summed E-state index contributed by atoms with van der Waals surface area (Å²) in [5, 5.41) is 9.96. The van der Waals surface area contributed by atoms with E-state index in [1.165, 1.54) is 0 Å². The average molecular weight is 515 g/mol. The van der Waals surface area contributed by atoms with Crippen molar-refractivity contribution in [3.8, 4) is 0 Å². The predicted octanol–water partition coefficient (Wildman–Crippen LogP) is 3.23. The van der Waals surface area contributed by atoms with E-state index in [0.29, 0.717) is 30.1 Å². The maximum absolute atomic E-state index is 12.3. The number of rotatable bonds is 7. The molecular formula is C22H38IN5O. The zero-order valence-electron chi connectivity index (χ0n) is 18.7. The van der Waals surface area contributed by atoms with Crippen molar-refractivity contribution >= 4 is 35.8 Å². The van der Waals surface area contributed by atoms with Crippen LogP contribution < -0.4 is 16.0 Å². The number of nitrogens with zero attached hydrogens (tertiary/aromatic N) is 2. The number of halogens is 1. The minimum Gasteiger partial charge on any atom is -0.352 e. The lowest BCUT2D eigenvalue weighted by molar-refractivity contribution is 0.0939. The number of likely N-dealkylation sites (tertiary alicyclic amines) is 1. The average Bonchev–Trinajstić information content (AvgIpc) is 3.05. The van der Waals surface area contributed by atoms with E-state index in [4.69, 9.17) is 0 Å². The fraction of sp³-hybridized carbons (Fsp3) is 0.636. The van der Waals surface area contributed by atoms with E-state index in [1.807, 2.05) is 31.2 Å². The van der Waals surface area contributed by atoms with Crippen molar-refractivity contribution in [2.75, 3.05) is 20.1 Å². The van der Waals surface area contributed by atoms with E-state index >= 15 is 0 Å². The van der Waals surface area contributed by atoms with E-state index < -0.39 is 0 Å². The van der Waals surface area contributed by atoms with Gasteiger partial charge < -0.3 is 16.0 Å². The van der Waals surface area contributed by atoms with Crippen LogP contribution in [-0.2, 0) is 6.54 Å². The van der Waals surface area contributed by atoms with Gasteiger partial charge in [0.05, 0.1) is 0 Å². The van der Waals surface area contributed by atoms with Gasteiger partial charge in [0, 0.05) is 50.4 Å². The zero-order chi connectivity index (χ0) is 20.7. The number of guanidine groups is 1. The Hall–Kier alpha value is -1.35. The first-order valence-electron chi connectivity index (χ1n) is 10.4. The van der Waals surface area contributed by atoms with E-state index in [9.17, 15) is 4.79 Å². The number of aliphatic imine (C=N–C) groups is 1. The van der Waals surface area contributed by atoms with Crippen LogP contribution in [0.3, 0.4) is 0 Å². The Morgan fingerprint density at radius 1 is 1.28 bits per heavy atom. The van der Waals surface area contributed by atoms with E-state index in [2.05, 4.69) is 53.5 Å². The predicted molar refractivity (Wildman–Crippen MR) is 132 cm³/mol. The lowest BCUT2D eigenvalue weighted by atomic mass is 10.1. The first-order chi connectivity index (χ1) is 13.3. The second-order valence-corrected chi connectivity index (χ2v) is 8.18. The summed E-state index contributed by atoms with van der Waals surface area (Å²) in [4.78, 5) is 19.2. The Kier molecular flexibility index (Phi) is 11.0. The van der Waals surface area contributed by atoms with Gasteiger partial charge in [0.25, 0.3) is 5.91 Å². The van der Waals surface area contributed by atoms with Gasteiger partial charge in [-0.05, 0) is 50.8 Å². The van der Waals surface area contributed by atoms with Crippen LogP contribution in [0.25, 0.3) is 0 Å². The van der Waals surface area contributed by atoms with Crippen LogP contribution in [0.2, 0.25) is 0 Å². The standard InChI is InChI=1S/C22H37N5O.HI/c1-7-17(5)25-21(28)19-10-8-9-18(11-19)12-24-22(23-6)26-20-14-27(15(2)3)13-16(20)4;/h8-11,15-17,20H,7,12-14H2,1-6H3,(H,25,28)(H2,23,24,26);1H. The first kappa shape index (κ1) is 25.7. The van der Waals surface area contributed by atoms with Crippen LogP contribution in [0.1, 0.15) is 57.0 Å². The third-order valence-corrected chi connectivity index (χ3v) is 5.56. The smallest absolute Gasteiger partial charge is 0.251 e. The van der Waals surface area contributed by atoms with Gasteiger partial charge in [0.15, 0.2) is 5.96 Å². The minimum absolute atomic E-state index is 0. The van der Waals surface area contributed by atoms with Gasteiger partial charge in [-0.15, -0.1) is 24.0 Å². The molecule has 29 heavy (non-hydrogen) atoms. The second kappa shape index (κ2) is 12.4. The van der Waals surface area contributed by atoms with Gasteiger partial charge in [0.2, 0.25) is 0 Å². The molecule has 3 N–H and O–H groups in total. The summed E-state index contributed by atoms with van der Waals surface area (Å²) in [5.41, 5.74) is 1.75. The molecule has 0 aromatic heterocycles. The van der Waals surface area contributed by atoms with Gasteiger partial charge in [-0.25, -0.2) is 0 Å². The van der Waals surface area contributed by atoms with Crippen LogP contribution in [-0.4, -0.2) is 55.0 Å². The van der Waals surface area contributed by atoms with E-state index in [-0.39, 0.29) is 35.9 Å². The highest BCUT2D eigenvalue weighted by Gasteiger charge is 2.31. The van der Waals surface area contributed by atoms with Gasteiger partial charge >= 0.3 is 0 Å². The summed E-state index contributed by atoms with van der Waals surface area (Å²) in [6.45, 7) is 13.6. The molecular weight excluding hydrogens is 477 g/mol. The van der Waals surface area contributed by atoms with Crippen molar-refractivity contribution in [3.63, 3.8) is 0 Å². The zero-order valence-corrected chi connectivity index (χ0v) is 21.0. The molecule has 0 aliphatic carbocycles. The van der Waals surface area contributed by atoms with E-state index in [1.54, 1.807) is 7.05 Å². The third-order valence-electron chi connectivity index (χ3n) is 5.56. The third kappa shape index (κ3) is 7.77. The summed E-state index contributed by atoms with van der Waals surface area (Å²) in [5.74, 6) is 1.36. The highest BCUT2D eigenvalue weighted by atomic mass is 127. The normalized spacial score (nSPS) is 20.9. The van der Waals surface area contributed by atoms with Crippen molar-refractivity contribution in [3.05, 3.63) is 35.4 Å². The van der Waals surface area contributed by atoms with Crippen LogP contribution in [0.15, 0.2) is 29.3 Å². The lowest BCUT2D eigenvalue weighted by Gasteiger charge is -2.22. The molecule has 0 radical (unpaired) electrons. The van der Waals surface area contributed by atoms with Crippen molar-refractivity contribution in [2.24, 2.45) is 10.9 Å². The molecule has 1 aromatic rings. The Bertz CT molecular complexity index is 679. The van der Waals surface area contributed by atoms with Crippen LogP contribution in [0.5, 0.6) is 0 Å². The molecule has 3 atom stereocenters. The fourth-order valence-electron chi connectivity index (χ4n) is 3.40. The van der Waals surface area contributed by atoms with Crippen molar-refractivity contribution < 1.29 is 4.79 Å². The number of carbonyl (C=O) groups is 1. The molecule has 2 rings (SSSR count). The second-order valence-electron chi connectivity index (χ2n) is 8.18. The molecule has 1 aliphatic rings. The van der Waals surface area contributed by atoms with Gasteiger partial charge in [-0.1, -0.05) is 26.0 Å². The molecule has 0 spiro atoms. The van der Waals surface area contributed by atoms with Gasteiger partial charge in [-0.2, -0.15) is 0 Å². The van der Waals surface area contributed by atoms with Crippen molar-refractivity contribution in [2.45, 2.75) is 65.7 Å². The molecule has 0 saturated carbocycles. The number of carbonyl (C=O) groups excluding carboxylic acids is 1. The number of benzene rings is 1. The number of hydrogen-bond acceptors (Lipinski definition) is 3. The summed E-state index contributed by atoms with van der Waals surface area (Å²) < 4.78 is 0. The molecule has 1 saturated heterocycles. The van der Waals surface area contributed by atoms with Crippen LogP contribution in [0.4, 0.5) is 0 Å². The van der Waals surface area contributed by atoms with Gasteiger partial charge in [0.1, 0.15) is 0 Å². The molecule has 3 unspecified atom stereocenters. The SMILES string of the molecule is CCC(C)NC(=O)c1cccc(CNC(=NC)NC2CN(C(C)C)CC2C)c1.I. The summed E-state index contributed by atoms with van der Waals surface area (Å²) in [6.07, 6.45) is 0.919. The first-order valence-corrected chi connectivity index (χ1v) is 10.4. The van der Waals surface area contributed by atoms with E-state index in [0.717, 1.165) is 31.0 Å². The number of amides is 1. The molecule has 1 fully saturated rings. The Balaban J connectivity index is 0.00000420. The largest absolute Gasteiger partial charge is 0.352 e. The summed E-state index contributed by atoms with van der Waals surface area (Å²) in [6, 6.07) is 8.88.